The topological polar surface area (TPSA) is 3.24 Å². The molecule has 1 aliphatic carbocycles. The molecule has 1 nitrogen and oxygen atoms in total. The smallest absolute Gasteiger partial charge is 0.0544 e. The van der Waals surface area contributed by atoms with Crippen LogP contribution in [-0.4, -0.2) is 29.8 Å². The predicted molar refractivity (Wildman–Crippen MR) is 84.3 cm³/mol. The van der Waals surface area contributed by atoms with Crippen LogP contribution in [0.1, 0.15) is 37.7 Å². The van der Waals surface area contributed by atoms with Gasteiger partial charge in [0, 0.05) is 10.1 Å². The fourth-order valence-corrected chi connectivity index (χ4v) is 4.06. The van der Waals surface area contributed by atoms with Gasteiger partial charge in [0.25, 0.3) is 0 Å². The third-order valence-electron chi connectivity index (χ3n) is 3.95. The molecule has 0 amide bonds. The standard InChI is InChI=1S/C16H22ClNS/c17-15-12-13(4-3-11-18-9-1-2-10-18)5-8-16(15)19-14-6-7-14/h5,8,12,14H,1-4,6-7,9-11H2. The number of rotatable bonds is 6. The predicted octanol–water partition coefficient (Wildman–Crippen LogP) is 4.62. The highest BCUT2D eigenvalue weighted by atomic mass is 35.5. The molecule has 3 rings (SSSR count). The second-order valence-corrected chi connectivity index (χ2v) is 7.48. The van der Waals surface area contributed by atoms with Gasteiger partial charge in [-0.25, -0.2) is 0 Å². The number of likely N-dealkylation sites (tertiary alicyclic amines) is 1. The summed E-state index contributed by atoms with van der Waals surface area (Å²) >= 11 is 8.32. The molecule has 0 radical (unpaired) electrons. The molecule has 1 aliphatic heterocycles. The van der Waals surface area contributed by atoms with Crippen LogP contribution in [0.5, 0.6) is 0 Å². The maximum Gasteiger partial charge on any atom is 0.0544 e. The van der Waals surface area contributed by atoms with Crippen LogP contribution in [0.15, 0.2) is 23.1 Å². The highest BCUT2D eigenvalue weighted by molar-refractivity contribution is 8.00. The van der Waals surface area contributed by atoms with Crippen molar-refractivity contribution in [3.05, 3.63) is 28.8 Å². The van der Waals surface area contributed by atoms with E-state index in [9.17, 15) is 0 Å². The van der Waals surface area contributed by atoms with Crippen molar-refractivity contribution in [1.29, 1.82) is 0 Å². The molecule has 0 unspecified atom stereocenters. The number of halogens is 1. The molecule has 1 saturated heterocycles. The van der Waals surface area contributed by atoms with Gasteiger partial charge >= 0.3 is 0 Å². The first kappa shape index (κ1) is 13.8. The van der Waals surface area contributed by atoms with Crippen molar-refractivity contribution < 1.29 is 0 Å². The van der Waals surface area contributed by atoms with E-state index in [0.717, 1.165) is 16.7 Å². The van der Waals surface area contributed by atoms with Crippen molar-refractivity contribution >= 4 is 23.4 Å². The molecular weight excluding hydrogens is 274 g/mol. The molecule has 0 atom stereocenters. The summed E-state index contributed by atoms with van der Waals surface area (Å²) in [6.45, 7) is 3.85. The lowest BCUT2D eigenvalue weighted by Crippen LogP contribution is -2.20. The fourth-order valence-electron chi connectivity index (χ4n) is 2.67. The first-order chi connectivity index (χ1) is 9.31. The third kappa shape index (κ3) is 4.14. The van der Waals surface area contributed by atoms with E-state index in [-0.39, 0.29) is 0 Å². The lowest BCUT2D eigenvalue weighted by molar-refractivity contribution is 0.334. The summed E-state index contributed by atoms with van der Waals surface area (Å²) in [5.41, 5.74) is 1.39. The maximum atomic E-state index is 6.38. The number of benzene rings is 1. The molecule has 0 N–H and O–H groups in total. The Bertz CT molecular complexity index is 425. The van der Waals surface area contributed by atoms with Gasteiger partial charge < -0.3 is 4.90 Å². The average molecular weight is 296 g/mol. The molecular formula is C16H22ClNS. The van der Waals surface area contributed by atoms with E-state index in [2.05, 4.69) is 23.1 Å². The summed E-state index contributed by atoms with van der Waals surface area (Å²) in [5.74, 6) is 0. The SMILES string of the molecule is Clc1cc(CCCN2CCCC2)ccc1SC1CC1. The normalized spacial score (nSPS) is 20.1. The van der Waals surface area contributed by atoms with Gasteiger partial charge in [0.05, 0.1) is 5.02 Å². The third-order valence-corrected chi connectivity index (χ3v) is 5.79. The zero-order valence-corrected chi connectivity index (χ0v) is 13.0. The van der Waals surface area contributed by atoms with Crippen LogP contribution in [0.2, 0.25) is 5.02 Å². The Morgan fingerprint density at radius 2 is 2.00 bits per heavy atom. The number of thioether (sulfide) groups is 1. The van der Waals surface area contributed by atoms with Crippen LogP contribution in [0.3, 0.4) is 0 Å². The van der Waals surface area contributed by atoms with Gasteiger partial charge in [0.2, 0.25) is 0 Å². The van der Waals surface area contributed by atoms with Gasteiger partial charge in [-0.05, 0) is 75.9 Å². The van der Waals surface area contributed by atoms with Gasteiger partial charge in [-0.15, -0.1) is 11.8 Å². The Morgan fingerprint density at radius 1 is 1.21 bits per heavy atom. The molecule has 0 aromatic heterocycles. The molecule has 1 aromatic rings. The van der Waals surface area contributed by atoms with Gasteiger partial charge in [-0.2, -0.15) is 0 Å². The van der Waals surface area contributed by atoms with Crippen LogP contribution < -0.4 is 0 Å². The zero-order valence-electron chi connectivity index (χ0n) is 11.4. The van der Waals surface area contributed by atoms with Crippen molar-refractivity contribution in [2.24, 2.45) is 0 Å². The Balaban J connectivity index is 1.48. The van der Waals surface area contributed by atoms with Crippen LogP contribution in [0, 0.1) is 0 Å². The highest BCUT2D eigenvalue weighted by Gasteiger charge is 2.23. The van der Waals surface area contributed by atoms with Crippen molar-refractivity contribution in [1.82, 2.24) is 4.90 Å². The van der Waals surface area contributed by atoms with Crippen LogP contribution in [0.25, 0.3) is 0 Å². The van der Waals surface area contributed by atoms with E-state index in [0.29, 0.717) is 0 Å². The summed E-state index contributed by atoms with van der Waals surface area (Å²) in [5, 5.41) is 1.79. The Labute approximate surface area is 125 Å². The minimum absolute atomic E-state index is 0.832. The summed E-state index contributed by atoms with van der Waals surface area (Å²) < 4.78 is 0. The number of hydrogen-bond acceptors (Lipinski definition) is 2. The molecule has 104 valence electrons. The lowest BCUT2D eigenvalue weighted by atomic mass is 10.1. The quantitative estimate of drug-likeness (QED) is 0.753. The summed E-state index contributed by atoms with van der Waals surface area (Å²) in [6.07, 6.45) is 7.91. The van der Waals surface area contributed by atoms with Crippen LogP contribution in [0.4, 0.5) is 0 Å². The average Bonchev–Trinajstić information content (AvgIpc) is 3.06. The number of hydrogen-bond donors (Lipinski definition) is 0. The first-order valence-corrected chi connectivity index (χ1v) is 8.74. The molecule has 0 spiro atoms. The second kappa shape index (κ2) is 6.51. The number of aryl methyl sites for hydroxylation is 1. The van der Waals surface area contributed by atoms with E-state index in [1.54, 1.807) is 0 Å². The summed E-state index contributed by atoms with van der Waals surface area (Å²) in [6, 6.07) is 6.66. The Kier molecular flexibility index (Phi) is 4.73. The van der Waals surface area contributed by atoms with Crippen LogP contribution >= 0.6 is 23.4 Å². The molecule has 1 saturated carbocycles. The van der Waals surface area contributed by atoms with Crippen molar-refractivity contribution in [3.8, 4) is 0 Å². The minimum atomic E-state index is 0.832. The molecule has 19 heavy (non-hydrogen) atoms. The van der Waals surface area contributed by atoms with Crippen molar-refractivity contribution in [3.63, 3.8) is 0 Å². The van der Waals surface area contributed by atoms with Crippen molar-refractivity contribution in [2.75, 3.05) is 19.6 Å². The molecule has 1 heterocycles. The van der Waals surface area contributed by atoms with E-state index >= 15 is 0 Å². The molecule has 3 heteroatoms. The summed E-state index contributed by atoms with van der Waals surface area (Å²) in [4.78, 5) is 3.85. The Morgan fingerprint density at radius 3 is 2.68 bits per heavy atom. The van der Waals surface area contributed by atoms with E-state index in [1.165, 1.54) is 62.2 Å². The number of nitrogens with zero attached hydrogens (tertiary/aromatic N) is 1. The first-order valence-electron chi connectivity index (χ1n) is 7.49. The van der Waals surface area contributed by atoms with Gasteiger partial charge in [-0.3, -0.25) is 0 Å². The molecule has 0 bridgehead atoms. The van der Waals surface area contributed by atoms with Crippen LogP contribution in [-0.2, 0) is 6.42 Å². The zero-order chi connectivity index (χ0) is 13.1. The highest BCUT2D eigenvalue weighted by Crippen LogP contribution is 2.41. The molecule has 2 aliphatic rings. The fraction of sp³-hybridized carbons (Fsp3) is 0.625. The lowest BCUT2D eigenvalue weighted by Gasteiger charge is -2.14. The van der Waals surface area contributed by atoms with E-state index < -0.39 is 0 Å². The molecule has 2 fully saturated rings. The second-order valence-electron chi connectivity index (χ2n) is 5.73. The Hall–Kier alpha value is -0.180. The van der Waals surface area contributed by atoms with Gasteiger partial charge in [0.1, 0.15) is 0 Å². The van der Waals surface area contributed by atoms with E-state index in [4.69, 9.17) is 11.6 Å². The summed E-state index contributed by atoms with van der Waals surface area (Å²) in [7, 11) is 0. The minimum Gasteiger partial charge on any atom is -0.303 e. The van der Waals surface area contributed by atoms with Gasteiger partial charge in [-0.1, -0.05) is 17.7 Å². The molecule has 1 aromatic carbocycles. The van der Waals surface area contributed by atoms with Gasteiger partial charge in [0.15, 0.2) is 0 Å². The largest absolute Gasteiger partial charge is 0.303 e. The van der Waals surface area contributed by atoms with E-state index in [1.807, 2.05) is 11.8 Å². The maximum absolute atomic E-state index is 6.38. The monoisotopic (exact) mass is 295 g/mol. The van der Waals surface area contributed by atoms with Crippen molar-refractivity contribution in [2.45, 2.75) is 48.7 Å².